The minimum atomic E-state index is -3.27. The van der Waals surface area contributed by atoms with Gasteiger partial charge in [0.05, 0.1) is 0 Å². The highest BCUT2D eigenvalue weighted by molar-refractivity contribution is 7.89. The van der Waals surface area contributed by atoms with Crippen molar-refractivity contribution in [3.63, 3.8) is 0 Å². The summed E-state index contributed by atoms with van der Waals surface area (Å²) in [4.78, 5) is 2.41. The van der Waals surface area contributed by atoms with E-state index in [9.17, 15) is 8.42 Å². The van der Waals surface area contributed by atoms with E-state index < -0.39 is 10.0 Å². The Hall–Kier alpha value is -1.15. The van der Waals surface area contributed by atoms with Crippen molar-refractivity contribution in [3.8, 4) is 0 Å². The summed E-state index contributed by atoms with van der Waals surface area (Å²) in [6.07, 6.45) is 3.83. The van der Waals surface area contributed by atoms with E-state index in [4.69, 9.17) is 0 Å². The van der Waals surface area contributed by atoms with Crippen molar-refractivity contribution in [1.29, 1.82) is 0 Å². The summed E-state index contributed by atoms with van der Waals surface area (Å²) in [5, 5.41) is -0.389. The molecule has 128 valence electrons. The molecular formula is C16H26N4O2S. The van der Waals surface area contributed by atoms with Crippen molar-refractivity contribution in [3.05, 3.63) is 29.8 Å². The average Bonchev–Trinajstić information content (AvgIpc) is 3.11. The van der Waals surface area contributed by atoms with Gasteiger partial charge in [0.1, 0.15) is 5.25 Å². The van der Waals surface area contributed by atoms with Crippen LogP contribution in [0, 0.1) is 0 Å². The van der Waals surface area contributed by atoms with E-state index in [-0.39, 0.29) is 5.25 Å². The molecule has 2 N–H and O–H groups in total. The number of rotatable bonds is 5. The molecule has 0 bridgehead atoms. The summed E-state index contributed by atoms with van der Waals surface area (Å²) in [5.74, 6) is 0. The van der Waals surface area contributed by atoms with Crippen LogP contribution in [-0.4, -0.2) is 51.2 Å². The van der Waals surface area contributed by atoms with Crippen LogP contribution in [0.2, 0.25) is 0 Å². The lowest BCUT2D eigenvalue weighted by Gasteiger charge is -2.29. The molecule has 3 rings (SSSR count). The molecule has 2 aliphatic heterocycles. The predicted octanol–water partition coefficient (Wildman–Crippen LogP) is 0.915. The van der Waals surface area contributed by atoms with E-state index in [1.54, 1.807) is 7.05 Å². The van der Waals surface area contributed by atoms with Crippen LogP contribution < -0.4 is 15.8 Å². The van der Waals surface area contributed by atoms with Crippen molar-refractivity contribution in [2.75, 3.05) is 38.1 Å². The molecule has 0 unspecified atom stereocenters. The van der Waals surface area contributed by atoms with Crippen LogP contribution >= 0.6 is 0 Å². The molecule has 7 heteroatoms. The van der Waals surface area contributed by atoms with Crippen LogP contribution in [-0.2, 0) is 16.6 Å². The number of hydrazine groups is 1. The molecule has 0 radical (unpaired) electrons. The maximum atomic E-state index is 12.5. The summed E-state index contributed by atoms with van der Waals surface area (Å²) in [7, 11) is -1.61. The van der Waals surface area contributed by atoms with Gasteiger partial charge in [0.15, 0.2) is 0 Å². The number of benzene rings is 1. The van der Waals surface area contributed by atoms with E-state index in [0.29, 0.717) is 19.6 Å². The molecular weight excluding hydrogens is 312 g/mol. The second-order valence-electron chi connectivity index (χ2n) is 6.40. The van der Waals surface area contributed by atoms with Crippen LogP contribution in [0.1, 0.15) is 24.8 Å². The number of sulfonamides is 1. The fourth-order valence-corrected chi connectivity index (χ4v) is 4.65. The van der Waals surface area contributed by atoms with Crippen LogP contribution in [0.25, 0.3) is 0 Å². The van der Waals surface area contributed by atoms with Crippen LogP contribution in [0.5, 0.6) is 0 Å². The highest BCUT2D eigenvalue weighted by Gasteiger charge is 2.32. The monoisotopic (exact) mass is 338 g/mol. The summed E-state index contributed by atoms with van der Waals surface area (Å²) >= 11 is 0. The molecule has 2 heterocycles. The zero-order chi connectivity index (χ0) is 16.3. The third-order valence-electron chi connectivity index (χ3n) is 4.70. The lowest BCUT2D eigenvalue weighted by atomic mass is 10.1. The second-order valence-corrected chi connectivity index (χ2v) is 8.72. The first kappa shape index (κ1) is 16.7. The Morgan fingerprint density at radius 1 is 1.09 bits per heavy atom. The van der Waals surface area contributed by atoms with Crippen molar-refractivity contribution < 1.29 is 8.42 Å². The summed E-state index contributed by atoms with van der Waals surface area (Å²) < 4.78 is 26.4. The van der Waals surface area contributed by atoms with Gasteiger partial charge in [-0.2, -0.15) is 0 Å². The maximum Gasteiger partial charge on any atom is 0.219 e. The van der Waals surface area contributed by atoms with Gasteiger partial charge in [0, 0.05) is 45.5 Å². The van der Waals surface area contributed by atoms with Crippen molar-refractivity contribution in [2.45, 2.75) is 31.1 Å². The van der Waals surface area contributed by atoms with Gasteiger partial charge in [0.25, 0.3) is 0 Å². The van der Waals surface area contributed by atoms with E-state index >= 15 is 0 Å². The first-order valence-corrected chi connectivity index (χ1v) is 9.82. The Kier molecular flexibility index (Phi) is 5.21. The van der Waals surface area contributed by atoms with Crippen molar-refractivity contribution in [2.24, 2.45) is 0 Å². The first-order chi connectivity index (χ1) is 11.1. The fourth-order valence-electron chi connectivity index (χ4n) is 3.22. The molecule has 2 aliphatic rings. The van der Waals surface area contributed by atoms with Gasteiger partial charge in [-0.25, -0.2) is 12.7 Å². The van der Waals surface area contributed by atoms with E-state index in [2.05, 4.69) is 27.9 Å². The highest BCUT2D eigenvalue weighted by atomic mass is 32.2. The summed E-state index contributed by atoms with van der Waals surface area (Å²) in [5.41, 5.74) is 8.02. The molecule has 6 nitrogen and oxygen atoms in total. The maximum absolute atomic E-state index is 12.5. The molecule has 0 atom stereocenters. The van der Waals surface area contributed by atoms with Gasteiger partial charge in [-0.1, -0.05) is 12.1 Å². The molecule has 0 spiro atoms. The van der Waals surface area contributed by atoms with Crippen molar-refractivity contribution >= 4 is 15.7 Å². The van der Waals surface area contributed by atoms with Gasteiger partial charge in [0.2, 0.25) is 10.0 Å². The van der Waals surface area contributed by atoms with Gasteiger partial charge in [-0.15, -0.1) is 0 Å². The molecule has 0 amide bonds. The molecule has 0 saturated carbocycles. The largest absolute Gasteiger partial charge is 0.372 e. The van der Waals surface area contributed by atoms with Crippen LogP contribution in [0.3, 0.4) is 0 Å². The van der Waals surface area contributed by atoms with Gasteiger partial charge in [-0.05, 0) is 37.0 Å². The van der Waals surface area contributed by atoms with Gasteiger partial charge in [-0.3, -0.25) is 10.9 Å². The molecule has 23 heavy (non-hydrogen) atoms. The van der Waals surface area contributed by atoms with E-state index in [1.165, 1.54) is 29.3 Å². The lowest BCUT2D eigenvalue weighted by molar-refractivity contribution is 0.458. The number of hydrogen-bond acceptors (Lipinski definition) is 5. The third kappa shape index (κ3) is 3.85. The molecule has 0 aromatic heterocycles. The predicted molar refractivity (Wildman–Crippen MR) is 92.7 cm³/mol. The number of nitrogens with zero attached hydrogens (tertiary/aromatic N) is 2. The first-order valence-electron chi connectivity index (χ1n) is 8.32. The fraction of sp³-hybridized carbons (Fsp3) is 0.625. The minimum absolute atomic E-state index is 0.389. The SMILES string of the molecule is CN(Cc1ccc(N2CCCCC2)cc1)S(=O)(=O)C1CNNC1. The average molecular weight is 338 g/mol. The van der Waals surface area contributed by atoms with Gasteiger partial charge >= 0.3 is 0 Å². The summed E-state index contributed by atoms with van der Waals surface area (Å²) in [6.45, 7) is 3.57. The number of anilines is 1. The summed E-state index contributed by atoms with van der Waals surface area (Å²) in [6, 6.07) is 8.31. The van der Waals surface area contributed by atoms with Gasteiger partial charge < -0.3 is 4.90 Å². The zero-order valence-electron chi connectivity index (χ0n) is 13.7. The molecule has 2 saturated heterocycles. The van der Waals surface area contributed by atoms with Crippen LogP contribution in [0.4, 0.5) is 5.69 Å². The van der Waals surface area contributed by atoms with E-state index in [0.717, 1.165) is 18.7 Å². The Labute approximate surface area is 138 Å². The Balaban J connectivity index is 1.63. The third-order valence-corrected chi connectivity index (χ3v) is 6.88. The Morgan fingerprint density at radius 3 is 2.30 bits per heavy atom. The van der Waals surface area contributed by atoms with E-state index in [1.807, 2.05) is 12.1 Å². The Bertz CT molecular complexity index is 605. The molecule has 1 aromatic carbocycles. The molecule has 2 fully saturated rings. The topological polar surface area (TPSA) is 64.7 Å². The highest BCUT2D eigenvalue weighted by Crippen LogP contribution is 2.21. The molecule has 1 aromatic rings. The minimum Gasteiger partial charge on any atom is -0.372 e. The Morgan fingerprint density at radius 2 is 1.70 bits per heavy atom. The quantitative estimate of drug-likeness (QED) is 0.836. The zero-order valence-corrected chi connectivity index (χ0v) is 14.5. The number of hydrogen-bond donors (Lipinski definition) is 2. The number of nitrogens with one attached hydrogen (secondary N) is 2. The molecule has 0 aliphatic carbocycles. The second kappa shape index (κ2) is 7.17. The van der Waals surface area contributed by atoms with Crippen molar-refractivity contribution in [1.82, 2.24) is 15.2 Å². The number of piperidine rings is 1. The standard InChI is InChI=1S/C16H26N4O2S/c1-19(23(21,22)16-11-17-18-12-16)13-14-5-7-15(8-6-14)20-9-3-2-4-10-20/h5-8,16-18H,2-4,9-13H2,1H3. The lowest BCUT2D eigenvalue weighted by Crippen LogP contribution is -2.38. The normalized spacial score (nSPS) is 20.3. The van der Waals surface area contributed by atoms with Crippen LogP contribution in [0.15, 0.2) is 24.3 Å². The smallest absolute Gasteiger partial charge is 0.219 e.